The zero-order valence-electron chi connectivity index (χ0n) is 10.2. The summed E-state index contributed by atoms with van der Waals surface area (Å²) in [6, 6.07) is 5.40. The van der Waals surface area contributed by atoms with Crippen molar-refractivity contribution in [1.29, 1.82) is 0 Å². The number of aryl methyl sites for hydroxylation is 2. The Balaban J connectivity index is 2.38. The summed E-state index contributed by atoms with van der Waals surface area (Å²) < 4.78 is 37.9. The van der Waals surface area contributed by atoms with Crippen molar-refractivity contribution >= 4 is 5.78 Å². The largest absolute Gasteiger partial charge is 0.456 e. The van der Waals surface area contributed by atoms with Crippen LogP contribution in [0.2, 0.25) is 0 Å². The molecule has 0 saturated heterocycles. The van der Waals surface area contributed by atoms with Gasteiger partial charge in [-0.05, 0) is 37.1 Å². The summed E-state index contributed by atoms with van der Waals surface area (Å²) in [4.78, 5) is 11.0. The monoisotopic (exact) mass is 269 g/mol. The van der Waals surface area contributed by atoms with E-state index in [0.717, 1.165) is 22.0 Å². The van der Waals surface area contributed by atoms with Crippen molar-refractivity contribution in [3.8, 4) is 5.69 Å². The van der Waals surface area contributed by atoms with Gasteiger partial charge in [0.1, 0.15) is 0 Å². The molecular formula is C12H10F3N3O. The Kier molecular flexibility index (Phi) is 3.13. The quantitative estimate of drug-likeness (QED) is 0.787. The molecule has 7 heteroatoms. The van der Waals surface area contributed by atoms with E-state index >= 15 is 0 Å². The molecule has 4 nitrogen and oxygen atoms in total. The standard InChI is InChI=1S/C12H10F3N3O/c1-7-3-8(2)5-9(4-7)18-6-10(16-17-18)11(19)12(13,14)15/h3-6H,1-2H3. The highest BCUT2D eigenvalue weighted by molar-refractivity contribution is 5.98. The van der Waals surface area contributed by atoms with Gasteiger partial charge < -0.3 is 0 Å². The van der Waals surface area contributed by atoms with E-state index in [4.69, 9.17) is 0 Å². The molecule has 2 aromatic rings. The van der Waals surface area contributed by atoms with E-state index in [-0.39, 0.29) is 0 Å². The number of carbonyl (C=O) groups excluding carboxylic acids is 1. The minimum Gasteiger partial charge on any atom is -0.282 e. The number of rotatable bonds is 2. The van der Waals surface area contributed by atoms with Crippen LogP contribution >= 0.6 is 0 Å². The third-order valence-electron chi connectivity index (χ3n) is 2.45. The second kappa shape index (κ2) is 4.49. The van der Waals surface area contributed by atoms with E-state index in [0.29, 0.717) is 5.69 Å². The fourth-order valence-electron chi connectivity index (χ4n) is 1.72. The first-order valence-corrected chi connectivity index (χ1v) is 5.40. The van der Waals surface area contributed by atoms with Crippen molar-refractivity contribution in [2.45, 2.75) is 20.0 Å². The van der Waals surface area contributed by atoms with Crippen LogP contribution < -0.4 is 0 Å². The lowest BCUT2D eigenvalue weighted by Crippen LogP contribution is -2.23. The van der Waals surface area contributed by atoms with Crippen molar-refractivity contribution in [3.63, 3.8) is 0 Å². The molecule has 0 aliphatic heterocycles. The maximum atomic E-state index is 12.2. The second-order valence-electron chi connectivity index (χ2n) is 4.22. The molecular weight excluding hydrogens is 259 g/mol. The van der Waals surface area contributed by atoms with Crippen LogP contribution in [0.5, 0.6) is 0 Å². The zero-order chi connectivity index (χ0) is 14.2. The van der Waals surface area contributed by atoms with Crippen molar-refractivity contribution < 1.29 is 18.0 Å². The molecule has 1 aromatic carbocycles. The normalized spacial score (nSPS) is 11.6. The van der Waals surface area contributed by atoms with E-state index in [1.807, 2.05) is 19.9 Å². The Morgan fingerprint density at radius 3 is 2.26 bits per heavy atom. The minimum atomic E-state index is -4.94. The minimum absolute atomic E-state index is 0.561. The lowest BCUT2D eigenvalue weighted by atomic mass is 10.1. The van der Waals surface area contributed by atoms with Crippen LogP contribution in [-0.2, 0) is 0 Å². The number of alkyl halides is 3. The maximum absolute atomic E-state index is 12.2. The van der Waals surface area contributed by atoms with Crippen LogP contribution in [0.15, 0.2) is 24.4 Å². The molecule has 0 aliphatic carbocycles. The number of hydrogen-bond acceptors (Lipinski definition) is 3. The molecule has 19 heavy (non-hydrogen) atoms. The predicted molar refractivity (Wildman–Crippen MR) is 61.2 cm³/mol. The van der Waals surface area contributed by atoms with Crippen molar-refractivity contribution in [2.75, 3.05) is 0 Å². The molecule has 0 fully saturated rings. The summed E-state index contributed by atoms with van der Waals surface area (Å²) in [5.74, 6) is -2.00. The number of nitrogens with zero attached hydrogens (tertiary/aromatic N) is 3. The number of Topliss-reactive ketones (excluding diaryl/α,β-unsaturated/α-hetero) is 1. The number of halogens is 3. The summed E-state index contributed by atoms with van der Waals surface area (Å²) in [7, 11) is 0. The predicted octanol–water partition coefficient (Wildman–Crippen LogP) is 2.63. The maximum Gasteiger partial charge on any atom is 0.456 e. The number of benzene rings is 1. The molecule has 1 aromatic heterocycles. The molecule has 0 N–H and O–H groups in total. The topological polar surface area (TPSA) is 47.8 Å². The lowest BCUT2D eigenvalue weighted by molar-refractivity contribution is -0.0888. The highest BCUT2D eigenvalue weighted by Crippen LogP contribution is 2.21. The molecule has 0 unspecified atom stereocenters. The fourth-order valence-corrected chi connectivity index (χ4v) is 1.72. The smallest absolute Gasteiger partial charge is 0.282 e. The Morgan fingerprint density at radius 1 is 1.16 bits per heavy atom. The lowest BCUT2D eigenvalue weighted by Gasteiger charge is -2.03. The summed E-state index contributed by atoms with van der Waals surface area (Å²) in [6.07, 6.45) is -3.96. The van der Waals surface area contributed by atoms with Crippen LogP contribution in [0, 0.1) is 13.8 Å². The molecule has 0 saturated carbocycles. The SMILES string of the molecule is Cc1cc(C)cc(-n2cc(C(=O)C(F)(F)F)nn2)c1. The van der Waals surface area contributed by atoms with Crippen LogP contribution in [0.25, 0.3) is 5.69 Å². The van der Waals surface area contributed by atoms with Gasteiger partial charge in [0.2, 0.25) is 0 Å². The van der Waals surface area contributed by atoms with E-state index in [2.05, 4.69) is 10.3 Å². The summed E-state index contributed by atoms with van der Waals surface area (Å²) in [6.45, 7) is 3.71. The highest BCUT2D eigenvalue weighted by atomic mass is 19.4. The average molecular weight is 269 g/mol. The highest BCUT2D eigenvalue weighted by Gasteiger charge is 2.41. The third kappa shape index (κ3) is 2.81. The van der Waals surface area contributed by atoms with Gasteiger partial charge in [-0.1, -0.05) is 11.3 Å². The Bertz CT molecular complexity index is 611. The van der Waals surface area contributed by atoms with Crippen molar-refractivity contribution in [2.24, 2.45) is 0 Å². The molecule has 0 spiro atoms. The summed E-state index contributed by atoms with van der Waals surface area (Å²) in [5.41, 5.74) is 1.72. The van der Waals surface area contributed by atoms with Gasteiger partial charge in [-0.15, -0.1) is 5.10 Å². The summed E-state index contributed by atoms with van der Waals surface area (Å²) >= 11 is 0. The van der Waals surface area contributed by atoms with E-state index in [1.165, 1.54) is 0 Å². The van der Waals surface area contributed by atoms with Gasteiger partial charge in [-0.25, -0.2) is 4.68 Å². The van der Waals surface area contributed by atoms with Crippen LogP contribution in [-0.4, -0.2) is 27.0 Å². The average Bonchev–Trinajstić information content (AvgIpc) is 2.74. The van der Waals surface area contributed by atoms with Gasteiger partial charge in [0.15, 0.2) is 5.69 Å². The molecule has 0 aliphatic rings. The molecule has 0 amide bonds. The summed E-state index contributed by atoms with van der Waals surface area (Å²) in [5, 5.41) is 6.81. The van der Waals surface area contributed by atoms with E-state index < -0.39 is 17.7 Å². The van der Waals surface area contributed by atoms with Gasteiger partial charge in [0.05, 0.1) is 11.9 Å². The number of carbonyl (C=O) groups is 1. The van der Waals surface area contributed by atoms with Gasteiger partial charge >= 0.3 is 6.18 Å². The molecule has 0 atom stereocenters. The Morgan fingerprint density at radius 2 is 1.74 bits per heavy atom. The molecule has 0 radical (unpaired) electrons. The van der Waals surface area contributed by atoms with Crippen LogP contribution in [0.4, 0.5) is 13.2 Å². The second-order valence-corrected chi connectivity index (χ2v) is 4.22. The first-order chi connectivity index (χ1) is 8.77. The van der Waals surface area contributed by atoms with Crippen molar-refractivity contribution in [1.82, 2.24) is 15.0 Å². The van der Waals surface area contributed by atoms with Gasteiger partial charge in [-0.2, -0.15) is 13.2 Å². The van der Waals surface area contributed by atoms with Gasteiger partial charge in [-0.3, -0.25) is 4.79 Å². The fraction of sp³-hybridized carbons (Fsp3) is 0.250. The third-order valence-corrected chi connectivity index (χ3v) is 2.45. The van der Waals surface area contributed by atoms with E-state index in [9.17, 15) is 18.0 Å². The first-order valence-electron chi connectivity index (χ1n) is 5.40. The van der Waals surface area contributed by atoms with Crippen LogP contribution in [0.3, 0.4) is 0 Å². The van der Waals surface area contributed by atoms with Gasteiger partial charge in [0, 0.05) is 0 Å². The van der Waals surface area contributed by atoms with E-state index in [1.54, 1.807) is 12.1 Å². The molecule has 1 heterocycles. The molecule has 100 valence electrons. The zero-order valence-corrected chi connectivity index (χ0v) is 10.2. The number of ketones is 1. The molecule has 2 rings (SSSR count). The van der Waals surface area contributed by atoms with Crippen molar-refractivity contribution in [3.05, 3.63) is 41.2 Å². The van der Waals surface area contributed by atoms with Gasteiger partial charge in [0.25, 0.3) is 5.78 Å². The number of hydrogen-bond donors (Lipinski definition) is 0. The Hall–Kier alpha value is -2.18. The number of aromatic nitrogens is 3. The Labute approximate surface area is 106 Å². The van der Waals surface area contributed by atoms with Crippen LogP contribution in [0.1, 0.15) is 21.6 Å². The first kappa shape index (κ1) is 13.3. The molecule has 0 bridgehead atoms.